The maximum atomic E-state index is 13.0. The normalized spacial score (nSPS) is 10.4. The number of carboxylic acid groups (broad SMARTS) is 1. The molecule has 0 saturated carbocycles. The number of nitrogens with one attached hydrogen (secondary N) is 2. The molecule has 0 saturated heterocycles. The second-order valence-corrected chi connectivity index (χ2v) is 8.67. The van der Waals surface area contributed by atoms with Crippen LogP contribution in [0.2, 0.25) is 0 Å². The van der Waals surface area contributed by atoms with Gasteiger partial charge in [0.1, 0.15) is 12.4 Å². The van der Waals surface area contributed by atoms with E-state index in [-0.39, 0.29) is 36.8 Å². The third-order valence-electron chi connectivity index (χ3n) is 6.02. The Balaban J connectivity index is 1.60. The van der Waals surface area contributed by atoms with Gasteiger partial charge in [-0.25, -0.2) is 9.59 Å². The molecule has 3 aromatic rings. The summed E-state index contributed by atoms with van der Waals surface area (Å²) in [6.45, 7) is 4.18. The van der Waals surface area contributed by atoms with E-state index >= 15 is 0 Å². The number of aryl methyl sites for hydroxylation is 1. The summed E-state index contributed by atoms with van der Waals surface area (Å²) in [4.78, 5) is 48.7. The van der Waals surface area contributed by atoms with Crippen molar-refractivity contribution in [1.29, 1.82) is 0 Å². The predicted molar refractivity (Wildman–Crippen MR) is 148 cm³/mol. The molecule has 0 fully saturated rings. The molecule has 12 heteroatoms. The second kappa shape index (κ2) is 13.6. The van der Waals surface area contributed by atoms with Gasteiger partial charge in [0, 0.05) is 18.3 Å². The average Bonchev–Trinajstić information content (AvgIpc) is 2.92. The predicted octanol–water partition coefficient (Wildman–Crippen LogP) is 4.72. The zero-order chi connectivity index (χ0) is 29.2. The second-order valence-electron chi connectivity index (χ2n) is 8.67. The molecule has 3 aromatic carbocycles. The average molecular weight is 551 g/mol. The fourth-order valence-electron chi connectivity index (χ4n) is 3.86. The van der Waals surface area contributed by atoms with E-state index < -0.39 is 22.6 Å². The Bertz CT molecular complexity index is 1410. The van der Waals surface area contributed by atoms with E-state index in [1.807, 2.05) is 25.1 Å². The maximum Gasteiger partial charge on any atom is 0.335 e. The van der Waals surface area contributed by atoms with Crippen LogP contribution in [0, 0.1) is 17.0 Å². The summed E-state index contributed by atoms with van der Waals surface area (Å²) in [5.74, 6) is -1.20. The molecule has 0 spiro atoms. The van der Waals surface area contributed by atoms with Crippen LogP contribution in [0.5, 0.6) is 11.5 Å². The number of carboxylic acids is 1. The van der Waals surface area contributed by atoms with Gasteiger partial charge in [-0.15, -0.1) is 0 Å². The number of benzene rings is 3. The van der Waals surface area contributed by atoms with Crippen molar-refractivity contribution in [2.45, 2.75) is 20.3 Å². The first-order valence-corrected chi connectivity index (χ1v) is 12.4. The number of nitro benzene ring substituents is 1. The lowest BCUT2D eigenvalue weighted by atomic mass is 10.1. The van der Waals surface area contributed by atoms with Gasteiger partial charge in [-0.1, -0.05) is 24.3 Å². The van der Waals surface area contributed by atoms with Crippen molar-refractivity contribution in [2.75, 3.05) is 37.4 Å². The van der Waals surface area contributed by atoms with Gasteiger partial charge < -0.3 is 30.1 Å². The van der Waals surface area contributed by atoms with Gasteiger partial charge in [0.25, 0.3) is 0 Å². The number of nitro groups is 1. The molecule has 12 nitrogen and oxygen atoms in total. The standard InChI is InChI=1S/C28H30N4O8/c1-4-31(13-14-40-24-12-10-20(27(34)35)17-23(24)32(37)38)26(33)16-19-9-11-22(25(15-19)39-3)30-28(36)29-21-8-6-5-7-18(21)2/h5-12,15,17H,4,13-14,16H2,1-3H3,(H,34,35)(H2,29,30,36). The molecule has 0 aromatic heterocycles. The molecule has 40 heavy (non-hydrogen) atoms. The lowest BCUT2D eigenvalue weighted by molar-refractivity contribution is -0.385. The van der Waals surface area contributed by atoms with Crippen LogP contribution in [-0.4, -0.2) is 59.6 Å². The Morgan fingerprint density at radius 2 is 1.73 bits per heavy atom. The number of carbonyl (C=O) groups excluding carboxylic acids is 2. The van der Waals surface area contributed by atoms with Gasteiger partial charge in [0.15, 0.2) is 5.75 Å². The first kappa shape index (κ1) is 29.4. The molecule has 0 heterocycles. The van der Waals surface area contributed by atoms with Crippen LogP contribution in [0.15, 0.2) is 60.7 Å². The number of ether oxygens (including phenoxy) is 2. The number of nitrogens with zero attached hydrogens (tertiary/aromatic N) is 2. The van der Waals surface area contributed by atoms with Gasteiger partial charge in [-0.3, -0.25) is 14.9 Å². The van der Waals surface area contributed by atoms with E-state index in [1.54, 1.807) is 31.2 Å². The summed E-state index contributed by atoms with van der Waals surface area (Å²) >= 11 is 0. The fraction of sp³-hybridized carbons (Fsp3) is 0.250. The number of methoxy groups -OCH3 is 1. The van der Waals surface area contributed by atoms with Crippen LogP contribution in [-0.2, 0) is 11.2 Å². The molecular formula is C28H30N4O8. The van der Waals surface area contributed by atoms with Crippen molar-refractivity contribution in [1.82, 2.24) is 4.90 Å². The molecule has 210 valence electrons. The van der Waals surface area contributed by atoms with E-state index in [0.29, 0.717) is 29.2 Å². The highest BCUT2D eigenvalue weighted by Gasteiger charge is 2.20. The number of aromatic carboxylic acids is 1. The van der Waals surface area contributed by atoms with Crippen molar-refractivity contribution in [2.24, 2.45) is 0 Å². The molecule has 0 atom stereocenters. The van der Waals surface area contributed by atoms with Crippen LogP contribution in [0.25, 0.3) is 0 Å². The Morgan fingerprint density at radius 1 is 1.00 bits per heavy atom. The van der Waals surface area contributed by atoms with Crippen LogP contribution in [0.1, 0.15) is 28.4 Å². The van der Waals surface area contributed by atoms with Crippen LogP contribution in [0.4, 0.5) is 21.9 Å². The number of rotatable bonds is 12. The van der Waals surface area contributed by atoms with Crippen molar-refractivity contribution < 1.29 is 33.9 Å². The van der Waals surface area contributed by atoms with Crippen molar-refractivity contribution in [3.05, 3.63) is 87.5 Å². The van der Waals surface area contributed by atoms with E-state index in [1.165, 1.54) is 24.1 Å². The Morgan fingerprint density at radius 3 is 2.38 bits per heavy atom. The van der Waals surface area contributed by atoms with E-state index in [2.05, 4.69) is 10.6 Å². The molecule has 0 aliphatic rings. The summed E-state index contributed by atoms with van der Waals surface area (Å²) in [5.41, 5.74) is 1.98. The highest BCUT2D eigenvalue weighted by molar-refractivity contribution is 6.01. The fourth-order valence-corrected chi connectivity index (χ4v) is 3.86. The Hall–Kier alpha value is -5.13. The summed E-state index contributed by atoms with van der Waals surface area (Å²) in [6, 6.07) is 15.3. The molecule has 0 radical (unpaired) electrons. The monoisotopic (exact) mass is 550 g/mol. The number of hydrogen-bond donors (Lipinski definition) is 3. The molecule has 0 unspecified atom stereocenters. The summed E-state index contributed by atoms with van der Waals surface area (Å²) in [5, 5.41) is 25.9. The summed E-state index contributed by atoms with van der Waals surface area (Å²) in [6.07, 6.45) is 0.0490. The van der Waals surface area contributed by atoms with Gasteiger partial charge in [0.2, 0.25) is 5.91 Å². The first-order valence-electron chi connectivity index (χ1n) is 12.4. The van der Waals surface area contributed by atoms with Crippen LogP contribution in [0.3, 0.4) is 0 Å². The number of anilines is 2. The van der Waals surface area contributed by atoms with Crippen molar-refractivity contribution in [3.63, 3.8) is 0 Å². The first-order chi connectivity index (χ1) is 19.1. The van der Waals surface area contributed by atoms with Gasteiger partial charge in [-0.2, -0.15) is 0 Å². The molecule has 3 rings (SSSR count). The van der Waals surface area contributed by atoms with Gasteiger partial charge >= 0.3 is 17.7 Å². The topological polar surface area (TPSA) is 160 Å². The van der Waals surface area contributed by atoms with E-state index in [0.717, 1.165) is 11.6 Å². The number of amides is 3. The number of para-hydroxylation sites is 1. The minimum Gasteiger partial charge on any atom is -0.495 e. The Labute approximate surface area is 230 Å². The lowest BCUT2D eigenvalue weighted by Crippen LogP contribution is -2.35. The minimum absolute atomic E-state index is 0.0327. The number of likely N-dealkylation sites (N-methyl/N-ethyl adjacent to an activating group) is 1. The largest absolute Gasteiger partial charge is 0.495 e. The van der Waals surface area contributed by atoms with E-state index in [9.17, 15) is 24.5 Å². The van der Waals surface area contributed by atoms with E-state index in [4.69, 9.17) is 14.6 Å². The molecular weight excluding hydrogens is 520 g/mol. The number of carbonyl (C=O) groups is 3. The van der Waals surface area contributed by atoms with Gasteiger partial charge in [-0.05, 0) is 55.3 Å². The summed E-state index contributed by atoms with van der Waals surface area (Å²) < 4.78 is 10.9. The molecule has 3 N–H and O–H groups in total. The molecule has 0 bridgehead atoms. The van der Waals surface area contributed by atoms with Crippen molar-refractivity contribution in [3.8, 4) is 11.5 Å². The molecule has 0 aliphatic heterocycles. The lowest BCUT2D eigenvalue weighted by Gasteiger charge is -2.21. The summed E-state index contributed by atoms with van der Waals surface area (Å²) in [7, 11) is 1.46. The minimum atomic E-state index is -1.29. The Kier molecular flexibility index (Phi) is 10.0. The molecule has 0 aliphatic carbocycles. The number of hydrogen-bond acceptors (Lipinski definition) is 7. The molecule has 3 amide bonds. The number of urea groups is 1. The third kappa shape index (κ3) is 7.69. The SMILES string of the molecule is CCN(CCOc1ccc(C(=O)O)cc1[N+](=O)[O-])C(=O)Cc1ccc(NC(=O)Nc2ccccc2C)c(OC)c1. The quantitative estimate of drug-likeness (QED) is 0.216. The van der Waals surface area contributed by atoms with Crippen LogP contribution >= 0.6 is 0 Å². The third-order valence-corrected chi connectivity index (χ3v) is 6.02. The highest BCUT2D eigenvalue weighted by atomic mass is 16.6. The van der Waals surface area contributed by atoms with Gasteiger partial charge in [0.05, 0.1) is 36.2 Å². The maximum absolute atomic E-state index is 13.0. The zero-order valence-electron chi connectivity index (χ0n) is 22.3. The highest BCUT2D eigenvalue weighted by Crippen LogP contribution is 2.29. The zero-order valence-corrected chi connectivity index (χ0v) is 22.3. The van der Waals surface area contributed by atoms with Crippen LogP contribution < -0.4 is 20.1 Å². The van der Waals surface area contributed by atoms with Crippen molar-refractivity contribution >= 4 is 35.0 Å². The smallest absolute Gasteiger partial charge is 0.335 e.